The van der Waals surface area contributed by atoms with Gasteiger partial charge in [-0.3, -0.25) is 0 Å². The molecule has 3 aliphatic rings. The van der Waals surface area contributed by atoms with E-state index in [1.54, 1.807) is 0 Å². The quantitative estimate of drug-likeness (QED) is 0.810. The second-order valence-electron chi connectivity index (χ2n) is 6.25. The van der Waals surface area contributed by atoms with Crippen LogP contribution in [0.2, 0.25) is 0 Å². The van der Waals surface area contributed by atoms with Crippen LogP contribution >= 0.6 is 0 Å². The molecule has 0 aromatic rings. The standard InChI is InChI=1S/C12H21NO2S/c1-12(6-7-16(14,15)8-12)13-11(9-2-3-9)10-4-5-10/h9-11,13H,2-8H2,1H3. The van der Waals surface area contributed by atoms with Gasteiger partial charge in [0, 0.05) is 11.6 Å². The van der Waals surface area contributed by atoms with Gasteiger partial charge in [-0.05, 0) is 50.9 Å². The van der Waals surface area contributed by atoms with Crippen molar-refractivity contribution in [1.82, 2.24) is 5.32 Å². The molecule has 0 aromatic carbocycles. The maximum Gasteiger partial charge on any atom is 0.152 e. The normalized spacial score (nSPS) is 38.1. The van der Waals surface area contributed by atoms with E-state index in [1.165, 1.54) is 25.7 Å². The highest BCUT2D eigenvalue weighted by Gasteiger charge is 2.47. The first kappa shape index (κ1) is 11.0. The molecular weight excluding hydrogens is 222 g/mol. The molecule has 2 aliphatic carbocycles. The van der Waals surface area contributed by atoms with Gasteiger partial charge in [0.05, 0.1) is 11.5 Å². The van der Waals surface area contributed by atoms with Gasteiger partial charge in [-0.15, -0.1) is 0 Å². The van der Waals surface area contributed by atoms with E-state index in [4.69, 9.17) is 0 Å². The van der Waals surface area contributed by atoms with Gasteiger partial charge in [0.1, 0.15) is 0 Å². The van der Waals surface area contributed by atoms with Crippen molar-refractivity contribution >= 4 is 9.84 Å². The summed E-state index contributed by atoms with van der Waals surface area (Å²) in [5, 5.41) is 3.69. The summed E-state index contributed by atoms with van der Waals surface area (Å²) in [5.41, 5.74) is -0.144. The Bertz CT molecular complexity index is 372. The molecule has 0 radical (unpaired) electrons. The lowest BCUT2D eigenvalue weighted by Crippen LogP contribution is -2.50. The number of rotatable bonds is 4. The van der Waals surface area contributed by atoms with Gasteiger partial charge in [0.2, 0.25) is 0 Å². The van der Waals surface area contributed by atoms with E-state index in [0.29, 0.717) is 17.5 Å². The van der Waals surface area contributed by atoms with E-state index in [-0.39, 0.29) is 5.54 Å². The number of sulfone groups is 1. The molecule has 0 spiro atoms. The van der Waals surface area contributed by atoms with Crippen molar-refractivity contribution in [2.45, 2.75) is 50.6 Å². The molecule has 0 aromatic heterocycles. The summed E-state index contributed by atoms with van der Waals surface area (Å²) in [6, 6.07) is 0.610. The van der Waals surface area contributed by atoms with Gasteiger partial charge >= 0.3 is 0 Å². The molecule has 3 nitrogen and oxygen atoms in total. The fourth-order valence-corrected chi connectivity index (χ4v) is 5.16. The molecule has 16 heavy (non-hydrogen) atoms. The first-order chi connectivity index (χ1) is 7.48. The van der Waals surface area contributed by atoms with E-state index < -0.39 is 9.84 Å². The Labute approximate surface area is 97.9 Å². The fraction of sp³-hybridized carbons (Fsp3) is 1.00. The van der Waals surface area contributed by atoms with Crippen LogP contribution in [0.15, 0.2) is 0 Å². The largest absolute Gasteiger partial charge is 0.307 e. The topological polar surface area (TPSA) is 46.2 Å². The Morgan fingerprint density at radius 1 is 1.19 bits per heavy atom. The summed E-state index contributed by atoms with van der Waals surface area (Å²) in [5.74, 6) is 2.40. The van der Waals surface area contributed by atoms with Gasteiger partial charge in [-0.2, -0.15) is 0 Å². The average Bonchev–Trinajstić information content (AvgIpc) is 3.04. The smallest absolute Gasteiger partial charge is 0.152 e. The van der Waals surface area contributed by atoms with Crippen molar-refractivity contribution in [3.63, 3.8) is 0 Å². The molecule has 1 heterocycles. The van der Waals surface area contributed by atoms with E-state index in [2.05, 4.69) is 12.2 Å². The summed E-state index contributed by atoms with van der Waals surface area (Å²) in [6.45, 7) is 2.09. The second kappa shape index (κ2) is 3.45. The molecule has 1 N–H and O–H groups in total. The number of hydrogen-bond acceptors (Lipinski definition) is 3. The summed E-state index contributed by atoms with van der Waals surface area (Å²) < 4.78 is 23.1. The van der Waals surface area contributed by atoms with Gasteiger partial charge in [-0.25, -0.2) is 8.42 Å². The minimum Gasteiger partial charge on any atom is -0.307 e. The van der Waals surface area contributed by atoms with Crippen LogP contribution in [-0.2, 0) is 9.84 Å². The van der Waals surface area contributed by atoms with Crippen LogP contribution in [0.3, 0.4) is 0 Å². The fourth-order valence-electron chi connectivity index (χ4n) is 3.06. The lowest BCUT2D eigenvalue weighted by atomic mass is 9.97. The third kappa shape index (κ3) is 2.28. The first-order valence-corrected chi connectivity index (χ1v) is 8.28. The van der Waals surface area contributed by atoms with Crippen molar-refractivity contribution < 1.29 is 8.42 Å². The molecule has 4 heteroatoms. The zero-order valence-electron chi connectivity index (χ0n) is 9.91. The average molecular weight is 243 g/mol. The second-order valence-corrected chi connectivity index (χ2v) is 8.43. The van der Waals surface area contributed by atoms with Crippen molar-refractivity contribution in [1.29, 1.82) is 0 Å². The monoisotopic (exact) mass is 243 g/mol. The Kier molecular flexibility index (Phi) is 2.38. The zero-order valence-corrected chi connectivity index (χ0v) is 10.7. The van der Waals surface area contributed by atoms with Crippen molar-refractivity contribution in [2.75, 3.05) is 11.5 Å². The minimum atomic E-state index is -2.77. The lowest BCUT2D eigenvalue weighted by molar-refractivity contribution is 0.295. The molecule has 3 fully saturated rings. The third-order valence-corrected chi connectivity index (χ3v) is 6.18. The molecule has 0 bridgehead atoms. The molecule has 1 aliphatic heterocycles. The van der Waals surface area contributed by atoms with Gasteiger partial charge in [0.25, 0.3) is 0 Å². The van der Waals surface area contributed by atoms with Crippen molar-refractivity contribution in [2.24, 2.45) is 11.8 Å². The maximum absolute atomic E-state index is 11.6. The van der Waals surface area contributed by atoms with Crippen molar-refractivity contribution in [3.8, 4) is 0 Å². The highest BCUT2D eigenvalue weighted by molar-refractivity contribution is 7.91. The van der Waals surface area contributed by atoms with E-state index in [0.717, 1.165) is 18.3 Å². The van der Waals surface area contributed by atoms with Crippen LogP contribution in [0.4, 0.5) is 0 Å². The Balaban J connectivity index is 1.68. The molecule has 92 valence electrons. The minimum absolute atomic E-state index is 0.144. The van der Waals surface area contributed by atoms with Crippen LogP contribution in [0.5, 0.6) is 0 Å². The molecule has 1 saturated heterocycles. The molecule has 2 saturated carbocycles. The summed E-state index contributed by atoms with van der Waals surface area (Å²) in [7, 11) is -2.77. The summed E-state index contributed by atoms with van der Waals surface area (Å²) in [4.78, 5) is 0. The zero-order chi connectivity index (χ0) is 11.4. The van der Waals surface area contributed by atoms with E-state index in [1.807, 2.05) is 0 Å². The van der Waals surface area contributed by atoms with Gasteiger partial charge in [-0.1, -0.05) is 0 Å². The summed E-state index contributed by atoms with van der Waals surface area (Å²) in [6.07, 6.45) is 6.17. The third-order valence-electron chi connectivity index (χ3n) is 4.28. The first-order valence-electron chi connectivity index (χ1n) is 6.46. The van der Waals surface area contributed by atoms with Crippen molar-refractivity contribution in [3.05, 3.63) is 0 Å². The molecule has 1 atom stereocenters. The van der Waals surface area contributed by atoms with E-state index >= 15 is 0 Å². The molecular formula is C12H21NO2S. The van der Waals surface area contributed by atoms with Gasteiger partial charge in [0.15, 0.2) is 9.84 Å². The highest BCUT2D eigenvalue weighted by atomic mass is 32.2. The van der Waals surface area contributed by atoms with Gasteiger partial charge < -0.3 is 5.32 Å². The lowest BCUT2D eigenvalue weighted by Gasteiger charge is -2.31. The van der Waals surface area contributed by atoms with Crippen LogP contribution in [-0.4, -0.2) is 31.5 Å². The number of nitrogens with one attached hydrogen (secondary N) is 1. The Morgan fingerprint density at radius 2 is 1.75 bits per heavy atom. The molecule has 1 unspecified atom stereocenters. The van der Waals surface area contributed by atoms with Crippen LogP contribution in [0.1, 0.15) is 39.0 Å². The van der Waals surface area contributed by atoms with Crippen LogP contribution in [0, 0.1) is 11.8 Å². The SMILES string of the molecule is CC1(NC(C2CC2)C2CC2)CCS(=O)(=O)C1. The number of hydrogen-bond donors (Lipinski definition) is 1. The predicted octanol–water partition coefficient (Wildman–Crippen LogP) is 1.34. The van der Waals surface area contributed by atoms with E-state index in [9.17, 15) is 8.42 Å². The Morgan fingerprint density at radius 3 is 2.12 bits per heavy atom. The maximum atomic E-state index is 11.6. The highest BCUT2D eigenvalue weighted by Crippen LogP contribution is 2.45. The van der Waals surface area contributed by atoms with Crippen LogP contribution < -0.4 is 5.32 Å². The predicted molar refractivity (Wildman–Crippen MR) is 64.0 cm³/mol. The molecule has 3 rings (SSSR count). The van der Waals surface area contributed by atoms with Crippen LogP contribution in [0.25, 0.3) is 0 Å². The Hall–Kier alpha value is -0.0900. The summed E-state index contributed by atoms with van der Waals surface area (Å²) >= 11 is 0. The molecule has 0 amide bonds.